The van der Waals surface area contributed by atoms with E-state index in [2.05, 4.69) is 22.5 Å². The fourth-order valence-electron chi connectivity index (χ4n) is 3.26. The topological polar surface area (TPSA) is 46.3 Å². The number of oxazole rings is 1. The molecule has 4 nitrogen and oxygen atoms in total. The maximum atomic E-state index is 12.9. The van der Waals surface area contributed by atoms with Gasteiger partial charge in [0.25, 0.3) is 5.91 Å². The van der Waals surface area contributed by atoms with E-state index in [1.54, 1.807) is 11.3 Å². The molecule has 3 rings (SSSR count). The summed E-state index contributed by atoms with van der Waals surface area (Å²) in [6.07, 6.45) is 6.16. The first-order valence-corrected chi connectivity index (χ1v) is 9.36. The van der Waals surface area contributed by atoms with Gasteiger partial charge in [-0.2, -0.15) is 0 Å². The van der Waals surface area contributed by atoms with Crippen molar-refractivity contribution in [3.8, 4) is 0 Å². The van der Waals surface area contributed by atoms with Gasteiger partial charge in [-0.3, -0.25) is 4.79 Å². The van der Waals surface area contributed by atoms with E-state index in [0.29, 0.717) is 17.7 Å². The number of aromatic nitrogens is 1. The van der Waals surface area contributed by atoms with E-state index in [1.165, 1.54) is 11.3 Å². The minimum absolute atomic E-state index is 0.0191. The minimum Gasteiger partial charge on any atom is -0.435 e. The molecule has 1 aliphatic heterocycles. The Hall–Kier alpha value is -1.62. The first kappa shape index (κ1) is 16.2. The quantitative estimate of drug-likeness (QED) is 0.823. The first-order valence-electron chi connectivity index (χ1n) is 8.48. The number of thiophene rings is 1. The second kappa shape index (κ2) is 7.30. The lowest BCUT2D eigenvalue weighted by Crippen LogP contribution is -2.44. The number of likely N-dealkylation sites (tertiary alicyclic amines) is 1. The van der Waals surface area contributed by atoms with E-state index >= 15 is 0 Å². The maximum absolute atomic E-state index is 12.9. The van der Waals surface area contributed by atoms with Crippen LogP contribution < -0.4 is 0 Å². The Kier molecular flexibility index (Phi) is 5.16. The third-order valence-electron chi connectivity index (χ3n) is 4.53. The Morgan fingerprint density at radius 1 is 1.48 bits per heavy atom. The van der Waals surface area contributed by atoms with Gasteiger partial charge in [0.05, 0.1) is 5.69 Å². The minimum atomic E-state index is 0.0191. The molecule has 2 aromatic rings. The summed E-state index contributed by atoms with van der Waals surface area (Å²) in [5, 5.41) is 2.11. The smallest absolute Gasteiger partial charge is 0.291 e. The van der Waals surface area contributed by atoms with E-state index < -0.39 is 0 Å². The lowest BCUT2D eigenvalue weighted by Gasteiger charge is -2.35. The van der Waals surface area contributed by atoms with Crippen molar-refractivity contribution in [2.45, 2.75) is 58.4 Å². The third kappa shape index (κ3) is 3.66. The van der Waals surface area contributed by atoms with Gasteiger partial charge < -0.3 is 9.32 Å². The summed E-state index contributed by atoms with van der Waals surface area (Å²) in [5.41, 5.74) is 0.717. The molecule has 0 aromatic carbocycles. The molecule has 0 unspecified atom stereocenters. The molecule has 1 saturated heterocycles. The van der Waals surface area contributed by atoms with Gasteiger partial charge in [-0.05, 0) is 50.5 Å². The van der Waals surface area contributed by atoms with Gasteiger partial charge in [-0.25, -0.2) is 4.98 Å². The number of hydrogen-bond donors (Lipinski definition) is 0. The highest BCUT2D eigenvalue weighted by atomic mass is 32.1. The van der Waals surface area contributed by atoms with Crippen molar-refractivity contribution in [1.82, 2.24) is 9.88 Å². The molecule has 124 valence electrons. The Morgan fingerprint density at radius 2 is 2.35 bits per heavy atom. The van der Waals surface area contributed by atoms with Crippen LogP contribution in [0.15, 0.2) is 21.9 Å². The molecule has 3 heterocycles. The van der Waals surface area contributed by atoms with E-state index in [4.69, 9.17) is 4.42 Å². The summed E-state index contributed by atoms with van der Waals surface area (Å²) < 4.78 is 5.68. The molecule has 0 radical (unpaired) electrons. The highest BCUT2D eigenvalue weighted by Crippen LogP contribution is 2.25. The average Bonchev–Trinajstić information content (AvgIpc) is 3.22. The van der Waals surface area contributed by atoms with Crippen LogP contribution in [0.4, 0.5) is 0 Å². The van der Waals surface area contributed by atoms with Crippen LogP contribution in [0.5, 0.6) is 0 Å². The number of carbonyl (C=O) groups is 1. The maximum Gasteiger partial charge on any atom is 0.291 e. The van der Waals surface area contributed by atoms with Gasteiger partial charge in [0.15, 0.2) is 5.89 Å². The van der Waals surface area contributed by atoms with Crippen molar-refractivity contribution < 1.29 is 9.21 Å². The Balaban J connectivity index is 1.72. The van der Waals surface area contributed by atoms with Crippen molar-refractivity contribution in [2.24, 2.45) is 0 Å². The molecular formula is C18H24N2O2S. The highest BCUT2D eigenvalue weighted by molar-refractivity contribution is 7.09. The SMILES string of the molecule is CCc1nc(C)c(C(=O)N2CCCC[C@@H]2CCc2cccs2)o1. The summed E-state index contributed by atoms with van der Waals surface area (Å²) in [7, 11) is 0. The molecule has 1 aliphatic rings. The molecule has 0 spiro atoms. The third-order valence-corrected chi connectivity index (χ3v) is 5.47. The fourth-order valence-corrected chi connectivity index (χ4v) is 3.99. The zero-order chi connectivity index (χ0) is 16.2. The summed E-state index contributed by atoms with van der Waals surface area (Å²) in [6.45, 7) is 4.68. The molecular weight excluding hydrogens is 308 g/mol. The molecule has 2 aromatic heterocycles. The number of amides is 1. The summed E-state index contributed by atoms with van der Waals surface area (Å²) in [4.78, 5) is 20.7. The average molecular weight is 332 g/mol. The Morgan fingerprint density at radius 3 is 3.04 bits per heavy atom. The van der Waals surface area contributed by atoms with Crippen LogP contribution in [-0.4, -0.2) is 28.4 Å². The van der Waals surface area contributed by atoms with E-state index in [-0.39, 0.29) is 5.91 Å². The number of aryl methyl sites for hydroxylation is 3. The van der Waals surface area contributed by atoms with Crippen LogP contribution in [0.25, 0.3) is 0 Å². The van der Waals surface area contributed by atoms with E-state index in [0.717, 1.165) is 44.3 Å². The molecule has 0 aliphatic carbocycles. The lowest BCUT2D eigenvalue weighted by atomic mass is 9.97. The number of hydrogen-bond acceptors (Lipinski definition) is 4. The van der Waals surface area contributed by atoms with Crippen LogP contribution in [0.1, 0.15) is 59.6 Å². The van der Waals surface area contributed by atoms with Gasteiger partial charge >= 0.3 is 0 Å². The lowest BCUT2D eigenvalue weighted by molar-refractivity contribution is 0.0567. The van der Waals surface area contributed by atoms with Gasteiger partial charge in [-0.1, -0.05) is 13.0 Å². The summed E-state index contributed by atoms with van der Waals surface area (Å²) >= 11 is 1.79. The Bertz CT molecular complexity index is 648. The van der Waals surface area contributed by atoms with Crippen LogP contribution in [-0.2, 0) is 12.8 Å². The zero-order valence-corrected chi connectivity index (χ0v) is 14.7. The van der Waals surface area contributed by atoms with Crippen LogP contribution >= 0.6 is 11.3 Å². The highest BCUT2D eigenvalue weighted by Gasteiger charge is 2.30. The van der Waals surface area contributed by atoms with Crippen LogP contribution in [0.3, 0.4) is 0 Å². The van der Waals surface area contributed by atoms with Crippen LogP contribution in [0.2, 0.25) is 0 Å². The molecule has 5 heteroatoms. The van der Waals surface area contributed by atoms with Gasteiger partial charge in [0.2, 0.25) is 5.76 Å². The molecule has 1 atom stereocenters. The first-order chi connectivity index (χ1) is 11.2. The summed E-state index contributed by atoms with van der Waals surface area (Å²) in [5.74, 6) is 1.11. The van der Waals surface area contributed by atoms with Crippen molar-refractivity contribution >= 4 is 17.2 Å². The normalized spacial score (nSPS) is 18.3. The number of carbonyl (C=O) groups excluding carboxylic acids is 1. The predicted molar refractivity (Wildman–Crippen MR) is 91.9 cm³/mol. The van der Waals surface area contributed by atoms with E-state index in [1.807, 2.05) is 18.7 Å². The zero-order valence-electron chi connectivity index (χ0n) is 13.9. The molecule has 0 saturated carbocycles. The molecule has 1 fully saturated rings. The van der Waals surface area contributed by atoms with Gasteiger partial charge in [-0.15, -0.1) is 11.3 Å². The number of nitrogens with zero attached hydrogens (tertiary/aromatic N) is 2. The molecule has 23 heavy (non-hydrogen) atoms. The predicted octanol–water partition coefficient (Wildman–Crippen LogP) is 4.23. The van der Waals surface area contributed by atoms with Crippen molar-refractivity contribution in [2.75, 3.05) is 6.54 Å². The summed E-state index contributed by atoms with van der Waals surface area (Å²) in [6, 6.07) is 4.58. The van der Waals surface area contributed by atoms with Gasteiger partial charge in [0.1, 0.15) is 0 Å². The second-order valence-corrected chi connectivity index (χ2v) is 7.17. The van der Waals surface area contributed by atoms with Crippen molar-refractivity contribution in [3.63, 3.8) is 0 Å². The van der Waals surface area contributed by atoms with Gasteiger partial charge in [0, 0.05) is 23.9 Å². The standard InChI is InChI=1S/C18H24N2O2S/c1-3-16-19-13(2)17(22-16)18(21)20-11-5-4-7-14(20)9-10-15-8-6-12-23-15/h6,8,12,14H,3-5,7,9-11H2,1-2H3/t14-/m1/s1. The number of piperidine rings is 1. The van der Waals surface area contributed by atoms with Crippen molar-refractivity contribution in [3.05, 3.63) is 39.7 Å². The van der Waals surface area contributed by atoms with Crippen LogP contribution in [0, 0.1) is 6.92 Å². The second-order valence-electron chi connectivity index (χ2n) is 6.14. The molecule has 0 N–H and O–H groups in total. The monoisotopic (exact) mass is 332 g/mol. The van der Waals surface area contributed by atoms with Crippen molar-refractivity contribution in [1.29, 1.82) is 0 Å². The molecule has 0 bridgehead atoms. The molecule has 1 amide bonds. The fraction of sp³-hybridized carbons (Fsp3) is 0.556. The van der Waals surface area contributed by atoms with E-state index in [9.17, 15) is 4.79 Å². The Labute approximate surface area is 141 Å². The largest absolute Gasteiger partial charge is 0.435 e. The number of rotatable bonds is 5.